The van der Waals surface area contributed by atoms with Gasteiger partial charge in [0, 0.05) is 16.1 Å². The maximum absolute atomic E-state index is 6.25. The summed E-state index contributed by atoms with van der Waals surface area (Å²) < 4.78 is 0. The molecule has 4 atom stereocenters. The molecule has 2 aliphatic rings. The molecule has 2 bridgehead atoms. The van der Waals surface area contributed by atoms with Crippen LogP contribution in [0.15, 0.2) is 18.2 Å². The van der Waals surface area contributed by atoms with Gasteiger partial charge in [-0.05, 0) is 73.6 Å². The summed E-state index contributed by atoms with van der Waals surface area (Å²) in [5, 5.41) is 1.52. The molecule has 110 valence electrons. The molecule has 4 unspecified atom stereocenters. The van der Waals surface area contributed by atoms with E-state index in [-0.39, 0.29) is 6.04 Å². The molecule has 1 aromatic rings. The second-order valence-corrected chi connectivity index (χ2v) is 7.32. The molecule has 2 fully saturated rings. The van der Waals surface area contributed by atoms with E-state index in [1.807, 2.05) is 18.2 Å². The predicted octanol–water partition coefficient (Wildman–Crippen LogP) is 4.19. The van der Waals surface area contributed by atoms with E-state index in [1.54, 1.807) is 0 Å². The van der Waals surface area contributed by atoms with Crippen molar-refractivity contribution in [3.63, 3.8) is 0 Å². The molecular weight excluding hydrogens is 291 g/mol. The third-order valence-electron chi connectivity index (χ3n) is 5.18. The van der Waals surface area contributed by atoms with Gasteiger partial charge < -0.3 is 0 Å². The van der Waals surface area contributed by atoms with E-state index in [0.717, 1.165) is 46.2 Å². The highest BCUT2D eigenvalue weighted by Crippen LogP contribution is 2.50. The number of rotatable bonds is 5. The van der Waals surface area contributed by atoms with Crippen LogP contribution in [0, 0.1) is 17.8 Å². The number of hydrazine groups is 1. The maximum Gasteiger partial charge on any atom is 0.0439 e. The Balaban J connectivity index is 1.63. The monoisotopic (exact) mass is 312 g/mol. The Labute approximate surface area is 131 Å². The van der Waals surface area contributed by atoms with E-state index in [0.29, 0.717) is 0 Å². The summed E-state index contributed by atoms with van der Waals surface area (Å²) in [7, 11) is 0. The average molecular weight is 313 g/mol. The molecule has 1 aromatic carbocycles. The molecule has 2 aliphatic carbocycles. The number of benzene rings is 1. The molecule has 0 aromatic heterocycles. The Hall–Kier alpha value is -0.280. The van der Waals surface area contributed by atoms with Crippen LogP contribution in [0.2, 0.25) is 10.0 Å². The van der Waals surface area contributed by atoms with Gasteiger partial charge in [-0.3, -0.25) is 11.3 Å². The first-order valence-corrected chi connectivity index (χ1v) is 8.31. The summed E-state index contributed by atoms with van der Waals surface area (Å²) in [6.45, 7) is 0. The van der Waals surface area contributed by atoms with Crippen molar-refractivity contribution in [2.45, 2.75) is 44.6 Å². The first-order valence-electron chi connectivity index (χ1n) is 7.55. The van der Waals surface area contributed by atoms with Crippen LogP contribution in [-0.4, -0.2) is 6.04 Å². The highest BCUT2D eigenvalue weighted by atomic mass is 35.5. The number of halogens is 2. The second-order valence-electron chi connectivity index (χ2n) is 6.47. The van der Waals surface area contributed by atoms with Crippen LogP contribution in [0.4, 0.5) is 0 Å². The van der Waals surface area contributed by atoms with E-state index < -0.39 is 0 Å². The average Bonchev–Trinajstić information content (AvgIpc) is 3.04. The van der Waals surface area contributed by atoms with Crippen molar-refractivity contribution in [2.24, 2.45) is 23.6 Å². The number of hydrogen-bond donors (Lipinski definition) is 2. The van der Waals surface area contributed by atoms with Crippen molar-refractivity contribution >= 4 is 23.2 Å². The maximum atomic E-state index is 6.25. The van der Waals surface area contributed by atoms with Crippen LogP contribution >= 0.6 is 23.2 Å². The molecule has 0 saturated heterocycles. The standard InChI is InChI=1S/C16H22Cl2N2/c17-14-3-4-16(18)13(7-14)9-15(20-19)8-12-6-10-1-2-11(12)5-10/h3-4,7,10-12,15,20H,1-2,5-6,8-9,19H2. The van der Waals surface area contributed by atoms with Crippen molar-refractivity contribution in [2.75, 3.05) is 0 Å². The lowest BCUT2D eigenvalue weighted by molar-refractivity contribution is 0.277. The Bertz CT molecular complexity index is 478. The summed E-state index contributed by atoms with van der Waals surface area (Å²) in [5.74, 6) is 8.52. The molecule has 0 amide bonds. The van der Waals surface area contributed by atoms with E-state index in [1.165, 1.54) is 25.7 Å². The van der Waals surface area contributed by atoms with Gasteiger partial charge in [-0.25, -0.2) is 0 Å². The number of nitrogens with two attached hydrogens (primary N) is 1. The molecule has 3 N–H and O–H groups in total. The predicted molar refractivity (Wildman–Crippen MR) is 84.8 cm³/mol. The van der Waals surface area contributed by atoms with Crippen LogP contribution in [0.25, 0.3) is 0 Å². The van der Waals surface area contributed by atoms with Gasteiger partial charge >= 0.3 is 0 Å². The van der Waals surface area contributed by atoms with Gasteiger partial charge in [-0.1, -0.05) is 29.6 Å². The molecule has 20 heavy (non-hydrogen) atoms. The van der Waals surface area contributed by atoms with Gasteiger partial charge in [0.25, 0.3) is 0 Å². The number of nitrogens with one attached hydrogen (secondary N) is 1. The first-order chi connectivity index (χ1) is 9.65. The minimum Gasteiger partial charge on any atom is -0.271 e. The van der Waals surface area contributed by atoms with Crippen LogP contribution in [0.3, 0.4) is 0 Å². The molecule has 2 nitrogen and oxygen atoms in total. The topological polar surface area (TPSA) is 38.0 Å². The molecule has 2 saturated carbocycles. The summed E-state index contributed by atoms with van der Waals surface area (Å²) in [6, 6.07) is 5.93. The minimum absolute atomic E-state index is 0.287. The van der Waals surface area contributed by atoms with Crippen LogP contribution in [-0.2, 0) is 6.42 Å². The number of hydrogen-bond acceptors (Lipinski definition) is 2. The van der Waals surface area contributed by atoms with Gasteiger partial charge in [0.05, 0.1) is 0 Å². The zero-order valence-corrected chi connectivity index (χ0v) is 13.1. The number of fused-ring (bicyclic) bond motifs is 2. The zero-order valence-electron chi connectivity index (χ0n) is 11.6. The van der Waals surface area contributed by atoms with Crippen LogP contribution < -0.4 is 11.3 Å². The second kappa shape index (κ2) is 6.23. The van der Waals surface area contributed by atoms with Crippen molar-refractivity contribution in [3.8, 4) is 0 Å². The van der Waals surface area contributed by atoms with Gasteiger partial charge in [-0.2, -0.15) is 0 Å². The molecule has 0 radical (unpaired) electrons. The SMILES string of the molecule is NNC(Cc1cc(Cl)ccc1Cl)CC1CC2CCC1C2. The summed E-state index contributed by atoms with van der Waals surface area (Å²) >= 11 is 12.3. The highest BCUT2D eigenvalue weighted by Gasteiger charge is 2.39. The summed E-state index contributed by atoms with van der Waals surface area (Å²) in [4.78, 5) is 0. The van der Waals surface area contributed by atoms with Crippen LogP contribution in [0.5, 0.6) is 0 Å². The Morgan fingerprint density at radius 3 is 2.75 bits per heavy atom. The third kappa shape index (κ3) is 3.14. The Morgan fingerprint density at radius 2 is 2.10 bits per heavy atom. The normalized spacial score (nSPS) is 29.9. The molecule has 4 heteroatoms. The largest absolute Gasteiger partial charge is 0.271 e. The lowest BCUT2D eigenvalue weighted by atomic mass is 9.83. The molecule has 0 spiro atoms. The Kier molecular flexibility index (Phi) is 4.56. The molecule has 0 aliphatic heterocycles. The Morgan fingerprint density at radius 1 is 1.25 bits per heavy atom. The zero-order chi connectivity index (χ0) is 14.1. The molecule has 3 rings (SSSR count). The fourth-order valence-corrected chi connectivity index (χ4v) is 4.60. The first kappa shape index (κ1) is 14.6. The van der Waals surface area contributed by atoms with Crippen molar-refractivity contribution < 1.29 is 0 Å². The fourth-order valence-electron chi connectivity index (χ4n) is 4.21. The summed E-state index contributed by atoms with van der Waals surface area (Å²) in [6.07, 6.45) is 7.71. The minimum atomic E-state index is 0.287. The molecule has 0 heterocycles. The fraction of sp³-hybridized carbons (Fsp3) is 0.625. The van der Waals surface area contributed by atoms with E-state index in [4.69, 9.17) is 29.0 Å². The quantitative estimate of drug-likeness (QED) is 0.632. The highest BCUT2D eigenvalue weighted by molar-refractivity contribution is 6.33. The van der Waals surface area contributed by atoms with Gasteiger partial charge in [-0.15, -0.1) is 0 Å². The van der Waals surface area contributed by atoms with Crippen molar-refractivity contribution in [1.82, 2.24) is 5.43 Å². The van der Waals surface area contributed by atoms with Crippen molar-refractivity contribution in [3.05, 3.63) is 33.8 Å². The smallest absolute Gasteiger partial charge is 0.0439 e. The van der Waals surface area contributed by atoms with Gasteiger partial charge in [0.1, 0.15) is 0 Å². The lowest BCUT2D eigenvalue weighted by Crippen LogP contribution is -2.39. The van der Waals surface area contributed by atoms with E-state index in [2.05, 4.69) is 5.43 Å². The van der Waals surface area contributed by atoms with Gasteiger partial charge in [0.15, 0.2) is 0 Å². The lowest BCUT2D eigenvalue weighted by Gasteiger charge is -2.26. The van der Waals surface area contributed by atoms with Crippen molar-refractivity contribution in [1.29, 1.82) is 0 Å². The molecular formula is C16H22Cl2N2. The summed E-state index contributed by atoms with van der Waals surface area (Å²) in [5.41, 5.74) is 4.07. The third-order valence-corrected chi connectivity index (χ3v) is 5.79. The van der Waals surface area contributed by atoms with E-state index in [9.17, 15) is 0 Å². The van der Waals surface area contributed by atoms with Crippen LogP contribution in [0.1, 0.15) is 37.7 Å². The van der Waals surface area contributed by atoms with Gasteiger partial charge in [0.2, 0.25) is 0 Å². The van der Waals surface area contributed by atoms with E-state index >= 15 is 0 Å².